The number of fused-ring (bicyclic) bond motifs is 1. The minimum Gasteiger partial charge on any atom is -0.360 e. The molecule has 0 unspecified atom stereocenters. The molecule has 0 saturated carbocycles. The van der Waals surface area contributed by atoms with Gasteiger partial charge in [0.05, 0.1) is 42.9 Å². The summed E-state index contributed by atoms with van der Waals surface area (Å²) in [6.45, 7) is 4.75. The van der Waals surface area contributed by atoms with Gasteiger partial charge in [-0.25, -0.2) is 0 Å². The van der Waals surface area contributed by atoms with Crippen molar-refractivity contribution in [2.24, 2.45) is 11.8 Å². The lowest BCUT2D eigenvalue weighted by Gasteiger charge is -2.29. The fourth-order valence-electron chi connectivity index (χ4n) is 5.48. The standard InChI is InChI=1S/C22H29N5O3/c1-25(14-16-13-23-7-8-24-16)20(28)18-17-5-6-22(30-17)15-27(21(29)19(18)22)12-11-26-9-3-2-4-10-26/h5-8,13,17-19H,2-4,9-12,14-15H2,1H3/t17-,18+,19+,22-/m0/s1. The van der Waals surface area contributed by atoms with Gasteiger partial charge in [-0.1, -0.05) is 18.6 Å². The van der Waals surface area contributed by atoms with E-state index in [0.29, 0.717) is 19.6 Å². The second kappa shape index (κ2) is 7.74. The molecule has 2 amide bonds. The summed E-state index contributed by atoms with van der Waals surface area (Å²) in [6, 6.07) is 0. The second-order valence-corrected chi connectivity index (χ2v) is 8.95. The maximum atomic E-state index is 13.3. The molecule has 1 aromatic rings. The molecule has 1 aromatic heterocycles. The normalized spacial score (nSPS) is 32.6. The van der Waals surface area contributed by atoms with E-state index in [4.69, 9.17) is 4.74 Å². The van der Waals surface area contributed by atoms with Gasteiger partial charge in [0, 0.05) is 32.5 Å². The van der Waals surface area contributed by atoms with E-state index in [-0.39, 0.29) is 17.9 Å². The van der Waals surface area contributed by atoms with Gasteiger partial charge in [-0.15, -0.1) is 0 Å². The molecule has 160 valence electrons. The van der Waals surface area contributed by atoms with Crippen molar-refractivity contribution in [2.75, 3.05) is 39.8 Å². The third-order valence-electron chi connectivity index (χ3n) is 6.99. The smallest absolute Gasteiger partial charge is 0.230 e. The molecule has 2 bridgehead atoms. The van der Waals surface area contributed by atoms with Gasteiger partial charge < -0.3 is 19.4 Å². The van der Waals surface area contributed by atoms with Crippen molar-refractivity contribution in [3.05, 3.63) is 36.4 Å². The zero-order valence-corrected chi connectivity index (χ0v) is 17.4. The Hall–Kier alpha value is -2.32. The molecule has 8 nitrogen and oxygen atoms in total. The number of hydrogen-bond acceptors (Lipinski definition) is 6. The van der Waals surface area contributed by atoms with Gasteiger partial charge in [0.1, 0.15) is 5.60 Å². The predicted molar refractivity (Wildman–Crippen MR) is 109 cm³/mol. The lowest BCUT2D eigenvalue weighted by atomic mass is 9.76. The number of hydrogen-bond donors (Lipinski definition) is 0. The van der Waals surface area contributed by atoms with Gasteiger partial charge in [0.25, 0.3) is 0 Å². The zero-order chi connectivity index (χ0) is 20.7. The van der Waals surface area contributed by atoms with Crippen molar-refractivity contribution in [3.63, 3.8) is 0 Å². The van der Waals surface area contributed by atoms with Gasteiger partial charge in [0.2, 0.25) is 11.8 Å². The van der Waals surface area contributed by atoms with E-state index in [1.54, 1.807) is 30.5 Å². The van der Waals surface area contributed by atoms with Crippen molar-refractivity contribution >= 4 is 11.8 Å². The lowest BCUT2D eigenvalue weighted by molar-refractivity contribution is -0.142. The number of ether oxygens (including phenoxy) is 1. The molecule has 0 aliphatic carbocycles. The van der Waals surface area contributed by atoms with Crippen LogP contribution in [0.4, 0.5) is 0 Å². The van der Waals surface area contributed by atoms with Crippen molar-refractivity contribution in [3.8, 4) is 0 Å². The number of carbonyl (C=O) groups is 2. The van der Waals surface area contributed by atoms with Crippen LogP contribution >= 0.6 is 0 Å². The van der Waals surface area contributed by atoms with Crippen LogP contribution in [-0.4, -0.2) is 88.0 Å². The molecule has 5 heterocycles. The molecule has 30 heavy (non-hydrogen) atoms. The van der Waals surface area contributed by atoms with Crippen molar-refractivity contribution in [1.82, 2.24) is 24.7 Å². The molecule has 3 saturated heterocycles. The average molecular weight is 412 g/mol. The maximum Gasteiger partial charge on any atom is 0.230 e. The third kappa shape index (κ3) is 3.32. The van der Waals surface area contributed by atoms with Gasteiger partial charge in [-0.05, 0) is 25.9 Å². The third-order valence-corrected chi connectivity index (χ3v) is 6.99. The minimum atomic E-state index is -0.642. The molecule has 5 rings (SSSR count). The van der Waals surface area contributed by atoms with E-state index in [2.05, 4.69) is 14.9 Å². The molecular weight excluding hydrogens is 382 g/mol. The van der Waals surface area contributed by atoms with Gasteiger partial charge in [0.15, 0.2) is 0 Å². The zero-order valence-electron chi connectivity index (χ0n) is 17.4. The van der Waals surface area contributed by atoms with E-state index in [0.717, 1.165) is 25.3 Å². The van der Waals surface area contributed by atoms with Crippen LogP contribution in [0.25, 0.3) is 0 Å². The number of nitrogens with zero attached hydrogens (tertiary/aromatic N) is 5. The summed E-state index contributed by atoms with van der Waals surface area (Å²) in [7, 11) is 1.76. The highest BCUT2D eigenvalue weighted by molar-refractivity contribution is 5.93. The van der Waals surface area contributed by atoms with Crippen LogP contribution < -0.4 is 0 Å². The van der Waals surface area contributed by atoms with Crippen LogP contribution in [0.2, 0.25) is 0 Å². The Morgan fingerprint density at radius 3 is 2.87 bits per heavy atom. The first-order chi connectivity index (χ1) is 14.6. The Balaban J connectivity index is 1.28. The van der Waals surface area contributed by atoms with Crippen molar-refractivity contribution in [2.45, 2.75) is 37.5 Å². The number of rotatable bonds is 6. The van der Waals surface area contributed by atoms with Crippen LogP contribution in [0.15, 0.2) is 30.7 Å². The van der Waals surface area contributed by atoms with Crippen LogP contribution in [0, 0.1) is 11.8 Å². The molecule has 3 fully saturated rings. The first-order valence-corrected chi connectivity index (χ1v) is 11.0. The second-order valence-electron chi connectivity index (χ2n) is 8.95. The largest absolute Gasteiger partial charge is 0.360 e. The fourth-order valence-corrected chi connectivity index (χ4v) is 5.48. The predicted octanol–water partition coefficient (Wildman–Crippen LogP) is 0.703. The minimum absolute atomic E-state index is 0.0603. The first kappa shape index (κ1) is 19.6. The number of aromatic nitrogens is 2. The molecule has 8 heteroatoms. The molecular formula is C22H29N5O3. The molecule has 0 aromatic carbocycles. The first-order valence-electron chi connectivity index (χ1n) is 11.0. The summed E-state index contributed by atoms with van der Waals surface area (Å²) < 4.78 is 6.25. The van der Waals surface area contributed by atoms with Gasteiger partial charge >= 0.3 is 0 Å². The van der Waals surface area contributed by atoms with Crippen LogP contribution in [0.3, 0.4) is 0 Å². The number of likely N-dealkylation sites (tertiary alicyclic amines) is 2. The fraction of sp³-hybridized carbons (Fsp3) is 0.636. The molecule has 1 spiro atoms. The van der Waals surface area contributed by atoms with E-state index < -0.39 is 17.4 Å². The van der Waals surface area contributed by atoms with E-state index in [1.807, 2.05) is 17.1 Å². The summed E-state index contributed by atoms with van der Waals surface area (Å²) in [5, 5.41) is 0. The van der Waals surface area contributed by atoms with Gasteiger partial charge in [-0.3, -0.25) is 19.6 Å². The topological polar surface area (TPSA) is 78.9 Å². The molecule has 0 N–H and O–H groups in total. The summed E-state index contributed by atoms with van der Waals surface area (Å²) in [5.74, 6) is -0.895. The van der Waals surface area contributed by atoms with E-state index in [9.17, 15) is 9.59 Å². The molecule has 0 radical (unpaired) electrons. The highest BCUT2D eigenvalue weighted by Gasteiger charge is 2.67. The summed E-state index contributed by atoms with van der Waals surface area (Å²) in [6.07, 6.45) is 12.3. The lowest BCUT2D eigenvalue weighted by Crippen LogP contribution is -2.45. The van der Waals surface area contributed by atoms with Crippen LogP contribution in [0.1, 0.15) is 25.0 Å². The Kier molecular flexibility index (Phi) is 5.06. The Labute approximate surface area is 176 Å². The summed E-state index contributed by atoms with van der Waals surface area (Å²) in [4.78, 5) is 41.0. The number of carbonyl (C=O) groups excluding carboxylic acids is 2. The Morgan fingerprint density at radius 2 is 2.10 bits per heavy atom. The Bertz CT molecular complexity index is 840. The highest BCUT2D eigenvalue weighted by atomic mass is 16.5. The number of amides is 2. The molecule has 4 aliphatic rings. The molecule has 4 atom stereocenters. The summed E-state index contributed by atoms with van der Waals surface area (Å²) in [5.41, 5.74) is 0.0840. The monoisotopic (exact) mass is 411 g/mol. The van der Waals surface area contributed by atoms with Gasteiger partial charge in [-0.2, -0.15) is 0 Å². The highest BCUT2D eigenvalue weighted by Crippen LogP contribution is 2.52. The van der Waals surface area contributed by atoms with Crippen LogP contribution in [0.5, 0.6) is 0 Å². The number of piperidine rings is 1. The Morgan fingerprint density at radius 1 is 1.27 bits per heavy atom. The van der Waals surface area contributed by atoms with Crippen molar-refractivity contribution in [1.29, 1.82) is 0 Å². The summed E-state index contributed by atoms with van der Waals surface area (Å²) >= 11 is 0. The van der Waals surface area contributed by atoms with Crippen LogP contribution in [-0.2, 0) is 20.9 Å². The van der Waals surface area contributed by atoms with Crippen molar-refractivity contribution < 1.29 is 14.3 Å². The van der Waals surface area contributed by atoms with E-state index in [1.165, 1.54) is 19.3 Å². The average Bonchev–Trinajstić information content (AvgIpc) is 3.41. The molecule has 4 aliphatic heterocycles. The SMILES string of the molecule is CN(Cc1cnccn1)C(=O)[C@@H]1[C@@H]2C=C[C@@]3(CN(CCN4CCCCC4)C(=O)[C@@H]13)O2. The maximum absolute atomic E-state index is 13.3. The van der Waals surface area contributed by atoms with E-state index >= 15 is 0 Å². The quantitative estimate of drug-likeness (QED) is 0.642.